The van der Waals surface area contributed by atoms with Crippen LogP contribution >= 0.6 is 0 Å². The molecule has 6 heteroatoms. The SMILES string of the molecule is CC(C)c1cccc(NC(=O)COc2ccccc2[N+](=O)[O-])c1. The van der Waals surface area contributed by atoms with Crippen LogP contribution in [0, 0.1) is 10.1 Å². The highest BCUT2D eigenvalue weighted by atomic mass is 16.6. The summed E-state index contributed by atoms with van der Waals surface area (Å²) in [4.78, 5) is 22.3. The predicted octanol–water partition coefficient (Wildman–Crippen LogP) is 3.74. The molecular weight excluding hydrogens is 296 g/mol. The van der Waals surface area contributed by atoms with Crippen LogP contribution in [0.4, 0.5) is 11.4 Å². The van der Waals surface area contributed by atoms with E-state index in [4.69, 9.17) is 4.74 Å². The largest absolute Gasteiger partial charge is 0.477 e. The molecule has 0 aromatic heterocycles. The van der Waals surface area contributed by atoms with Crippen molar-refractivity contribution in [1.82, 2.24) is 0 Å². The molecule has 2 aromatic rings. The minimum atomic E-state index is -0.542. The van der Waals surface area contributed by atoms with E-state index in [2.05, 4.69) is 19.2 Å². The van der Waals surface area contributed by atoms with Crippen LogP contribution in [0.15, 0.2) is 48.5 Å². The molecule has 0 aliphatic carbocycles. The second kappa shape index (κ2) is 7.40. The molecule has 2 rings (SSSR count). The van der Waals surface area contributed by atoms with E-state index in [0.717, 1.165) is 5.56 Å². The number of ether oxygens (including phenoxy) is 1. The van der Waals surface area contributed by atoms with E-state index in [9.17, 15) is 14.9 Å². The average Bonchev–Trinajstić information content (AvgIpc) is 2.53. The van der Waals surface area contributed by atoms with Crippen molar-refractivity contribution in [1.29, 1.82) is 0 Å². The second-order valence-corrected chi connectivity index (χ2v) is 5.34. The molecule has 2 aromatic carbocycles. The van der Waals surface area contributed by atoms with Crippen LogP contribution in [0.2, 0.25) is 0 Å². The van der Waals surface area contributed by atoms with Crippen molar-refractivity contribution in [3.05, 3.63) is 64.2 Å². The monoisotopic (exact) mass is 314 g/mol. The Morgan fingerprint density at radius 2 is 1.96 bits per heavy atom. The molecule has 6 nitrogen and oxygen atoms in total. The lowest BCUT2D eigenvalue weighted by atomic mass is 10.0. The highest BCUT2D eigenvalue weighted by Gasteiger charge is 2.15. The first-order valence-corrected chi connectivity index (χ1v) is 7.23. The van der Waals surface area contributed by atoms with Gasteiger partial charge in [-0.3, -0.25) is 14.9 Å². The molecule has 0 saturated carbocycles. The lowest BCUT2D eigenvalue weighted by Crippen LogP contribution is -2.20. The topological polar surface area (TPSA) is 81.5 Å². The number of amides is 1. The number of hydrogen-bond donors (Lipinski definition) is 1. The molecular formula is C17H18N2O4. The van der Waals surface area contributed by atoms with Crippen LogP contribution in [-0.2, 0) is 4.79 Å². The Hall–Kier alpha value is -2.89. The van der Waals surface area contributed by atoms with Gasteiger partial charge in [-0.2, -0.15) is 0 Å². The Labute approximate surface area is 134 Å². The van der Waals surface area contributed by atoms with Gasteiger partial charge in [0.05, 0.1) is 4.92 Å². The molecule has 0 aliphatic heterocycles. The summed E-state index contributed by atoms with van der Waals surface area (Å²) in [7, 11) is 0. The number of carbonyl (C=O) groups excluding carboxylic acids is 1. The number of carbonyl (C=O) groups is 1. The number of nitrogens with zero attached hydrogens (tertiary/aromatic N) is 1. The number of rotatable bonds is 6. The normalized spacial score (nSPS) is 10.4. The van der Waals surface area contributed by atoms with E-state index in [0.29, 0.717) is 11.6 Å². The van der Waals surface area contributed by atoms with Gasteiger partial charge in [0.15, 0.2) is 12.4 Å². The van der Waals surface area contributed by atoms with Gasteiger partial charge in [0.2, 0.25) is 0 Å². The number of para-hydroxylation sites is 2. The smallest absolute Gasteiger partial charge is 0.310 e. The molecule has 0 saturated heterocycles. The first-order chi connectivity index (χ1) is 11.0. The maximum Gasteiger partial charge on any atom is 0.310 e. The Morgan fingerprint density at radius 1 is 1.22 bits per heavy atom. The summed E-state index contributed by atoms with van der Waals surface area (Å²) in [5, 5.41) is 13.6. The van der Waals surface area contributed by atoms with E-state index in [1.807, 2.05) is 18.2 Å². The van der Waals surface area contributed by atoms with Gasteiger partial charge < -0.3 is 10.1 Å². The van der Waals surface area contributed by atoms with Gasteiger partial charge in [-0.05, 0) is 29.7 Å². The fraction of sp³-hybridized carbons (Fsp3) is 0.235. The van der Waals surface area contributed by atoms with Crippen LogP contribution in [0.25, 0.3) is 0 Å². The minimum absolute atomic E-state index is 0.0728. The average molecular weight is 314 g/mol. The van der Waals surface area contributed by atoms with Crippen LogP contribution in [-0.4, -0.2) is 17.4 Å². The lowest BCUT2D eigenvalue weighted by molar-refractivity contribution is -0.385. The zero-order valence-corrected chi connectivity index (χ0v) is 13.0. The molecule has 0 spiro atoms. The van der Waals surface area contributed by atoms with Crippen LogP contribution in [0.3, 0.4) is 0 Å². The fourth-order valence-electron chi connectivity index (χ4n) is 2.05. The predicted molar refractivity (Wildman–Crippen MR) is 87.8 cm³/mol. The van der Waals surface area contributed by atoms with Gasteiger partial charge in [0.25, 0.3) is 5.91 Å². The third-order valence-corrected chi connectivity index (χ3v) is 3.26. The first-order valence-electron chi connectivity index (χ1n) is 7.23. The van der Waals surface area contributed by atoms with Crippen molar-refractivity contribution in [3.8, 4) is 5.75 Å². The first kappa shape index (κ1) is 16.5. The van der Waals surface area contributed by atoms with E-state index in [-0.39, 0.29) is 24.0 Å². The molecule has 0 heterocycles. The Kier molecular flexibility index (Phi) is 5.30. The highest BCUT2D eigenvalue weighted by molar-refractivity contribution is 5.92. The molecule has 0 bridgehead atoms. The van der Waals surface area contributed by atoms with Crippen LogP contribution in [0.1, 0.15) is 25.3 Å². The Bertz CT molecular complexity index is 713. The maximum atomic E-state index is 11.9. The van der Waals surface area contributed by atoms with E-state index >= 15 is 0 Å². The zero-order valence-electron chi connectivity index (χ0n) is 13.0. The number of nitro benzene ring substituents is 1. The summed E-state index contributed by atoms with van der Waals surface area (Å²) in [5.74, 6) is 0.0581. The number of anilines is 1. The number of hydrogen-bond acceptors (Lipinski definition) is 4. The minimum Gasteiger partial charge on any atom is -0.477 e. The zero-order chi connectivity index (χ0) is 16.8. The quantitative estimate of drug-likeness (QED) is 0.650. The van der Waals surface area contributed by atoms with Crippen molar-refractivity contribution in [3.63, 3.8) is 0 Å². The molecule has 0 aliphatic rings. The molecule has 1 amide bonds. The highest BCUT2D eigenvalue weighted by Crippen LogP contribution is 2.25. The van der Waals surface area contributed by atoms with Crippen LogP contribution < -0.4 is 10.1 Å². The van der Waals surface area contributed by atoms with Crippen molar-refractivity contribution in [2.75, 3.05) is 11.9 Å². The Balaban J connectivity index is 1.98. The molecule has 1 N–H and O–H groups in total. The van der Waals surface area contributed by atoms with Crippen molar-refractivity contribution in [2.24, 2.45) is 0 Å². The van der Waals surface area contributed by atoms with Gasteiger partial charge in [-0.1, -0.05) is 38.1 Å². The summed E-state index contributed by atoms with van der Waals surface area (Å²) in [6, 6.07) is 13.5. The van der Waals surface area contributed by atoms with Crippen molar-refractivity contribution < 1.29 is 14.5 Å². The van der Waals surface area contributed by atoms with Crippen LogP contribution in [0.5, 0.6) is 5.75 Å². The van der Waals surface area contributed by atoms with Gasteiger partial charge in [0, 0.05) is 11.8 Å². The number of benzene rings is 2. The molecule has 0 atom stereocenters. The molecule has 0 fully saturated rings. The molecule has 0 radical (unpaired) electrons. The summed E-state index contributed by atoms with van der Waals surface area (Å²) in [6.45, 7) is 3.84. The maximum absolute atomic E-state index is 11.9. The molecule has 120 valence electrons. The number of nitro groups is 1. The van der Waals surface area contributed by atoms with Gasteiger partial charge in [0.1, 0.15) is 0 Å². The summed E-state index contributed by atoms with van der Waals surface area (Å²) >= 11 is 0. The van der Waals surface area contributed by atoms with Crippen molar-refractivity contribution in [2.45, 2.75) is 19.8 Å². The lowest BCUT2D eigenvalue weighted by Gasteiger charge is -2.10. The number of nitrogens with one attached hydrogen (secondary N) is 1. The molecule has 23 heavy (non-hydrogen) atoms. The van der Waals surface area contributed by atoms with E-state index < -0.39 is 4.92 Å². The third kappa shape index (κ3) is 4.54. The Morgan fingerprint density at radius 3 is 2.65 bits per heavy atom. The summed E-state index contributed by atoms with van der Waals surface area (Å²) in [5.41, 5.74) is 1.62. The van der Waals surface area contributed by atoms with Gasteiger partial charge in [-0.25, -0.2) is 0 Å². The van der Waals surface area contributed by atoms with Crippen molar-refractivity contribution >= 4 is 17.3 Å². The van der Waals surface area contributed by atoms with E-state index in [1.54, 1.807) is 18.2 Å². The fourth-order valence-corrected chi connectivity index (χ4v) is 2.05. The summed E-state index contributed by atoms with van der Waals surface area (Å²) in [6.07, 6.45) is 0. The van der Waals surface area contributed by atoms with Gasteiger partial charge >= 0.3 is 5.69 Å². The molecule has 0 unspecified atom stereocenters. The van der Waals surface area contributed by atoms with Gasteiger partial charge in [-0.15, -0.1) is 0 Å². The standard InChI is InChI=1S/C17H18N2O4/c1-12(2)13-6-5-7-14(10-13)18-17(20)11-23-16-9-4-3-8-15(16)19(21)22/h3-10,12H,11H2,1-2H3,(H,18,20). The van der Waals surface area contributed by atoms with E-state index in [1.165, 1.54) is 12.1 Å². The summed E-state index contributed by atoms with van der Waals surface area (Å²) < 4.78 is 5.26. The second-order valence-electron chi connectivity index (χ2n) is 5.34. The third-order valence-electron chi connectivity index (χ3n) is 3.26.